The number of amides is 2. The van der Waals surface area contributed by atoms with Crippen LogP contribution in [0.4, 0.5) is 5.69 Å². The lowest BCUT2D eigenvalue weighted by Crippen LogP contribution is -2.51. The monoisotopic (exact) mass is 304 g/mol. The molecular formula is C17H24N2O3. The molecule has 0 aliphatic carbocycles. The first kappa shape index (κ1) is 16.5. The van der Waals surface area contributed by atoms with Crippen molar-refractivity contribution in [2.45, 2.75) is 27.7 Å². The summed E-state index contributed by atoms with van der Waals surface area (Å²) < 4.78 is 5.25. The zero-order valence-electron chi connectivity index (χ0n) is 13.7. The molecule has 5 nitrogen and oxygen atoms in total. The van der Waals surface area contributed by atoms with Crippen LogP contribution in [-0.2, 0) is 14.3 Å². The van der Waals surface area contributed by atoms with Crippen molar-refractivity contribution < 1.29 is 14.3 Å². The predicted molar refractivity (Wildman–Crippen MR) is 85.7 cm³/mol. The van der Waals surface area contributed by atoms with Gasteiger partial charge >= 0.3 is 0 Å². The van der Waals surface area contributed by atoms with Gasteiger partial charge in [0.2, 0.25) is 11.8 Å². The molecule has 0 atom stereocenters. The van der Waals surface area contributed by atoms with Crippen molar-refractivity contribution in [2.75, 3.05) is 31.6 Å². The fourth-order valence-electron chi connectivity index (χ4n) is 2.37. The van der Waals surface area contributed by atoms with Crippen molar-refractivity contribution in [3.8, 4) is 0 Å². The van der Waals surface area contributed by atoms with Crippen LogP contribution in [0, 0.1) is 19.3 Å². The number of benzene rings is 1. The van der Waals surface area contributed by atoms with Crippen LogP contribution in [-0.4, -0.2) is 43.0 Å². The summed E-state index contributed by atoms with van der Waals surface area (Å²) in [6.45, 7) is 9.49. The third-order valence-corrected chi connectivity index (χ3v) is 4.17. The van der Waals surface area contributed by atoms with Gasteiger partial charge in [0.05, 0.1) is 13.2 Å². The largest absolute Gasteiger partial charge is 0.378 e. The lowest BCUT2D eigenvalue weighted by Gasteiger charge is -2.33. The summed E-state index contributed by atoms with van der Waals surface area (Å²) >= 11 is 0. The van der Waals surface area contributed by atoms with Crippen LogP contribution in [0.5, 0.6) is 0 Å². The van der Waals surface area contributed by atoms with Gasteiger partial charge in [0.15, 0.2) is 0 Å². The molecule has 1 aromatic carbocycles. The third kappa shape index (κ3) is 3.47. The topological polar surface area (TPSA) is 58.6 Å². The second-order valence-corrected chi connectivity index (χ2v) is 6.28. The molecule has 1 fully saturated rings. The van der Waals surface area contributed by atoms with Gasteiger partial charge < -0.3 is 15.0 Å². The number of carbonyl (C=O) groups excluding carboxylic acids is 2. The molecular weight excluding hydrogens is 280 g/mol. The first-order valence-electron chi connectivity index (χ1n) is 7.58. The van der Waals surface area contributed by atoms with E-state index in [0.717, 1.165) is 11.3 Å². The van der Waals surface area contributed by atoms with Crippen molar-refractivity contribution in [1.82, 2.24) is 4.90 Å². The Hall–Kier alpha value is -1.88. The Kier molecular flexibility index (Phi) is 4.86. The minimum atomic E-state index is -1.10. The Balaban J connectivity index is 2.08. The van der Waals surface area contributed by atoms with Crippen LogP contribution in [0.15, 0.2) is 18.2 Å². The quantitative estimate of drug-likeness (QED) is 0.870. The minimum Gasteiger partial charge on any atom is -0.378 e. The highest BCUT2D eigenvalue weighted by molar-refractivity contribution is 6.09. The van der Waals surface area contributed by atoms with E-state index in [1.807, 2.05) is 32.0 Å². The number of hydrogen-bond acceptors (Lipinski definition) is 3. The van der Waals surface area contributed by atoms with Gasteiger partial charge in [-0.1, -0.05) is 6.07 Å². The number of aryl methyl sites for hydroxylation is 2. The van der Waals surface area contributed by atoms with Crippen molar-refractivity contribution >= 4 is 17.5 Å². The van der Waals surface area contributed by atoms with E-state index in [1.165, 1.54) is 5.56 Å². The molecule has 0 unspecified atom stereocenters. The average molecular weight is 304 g/mol. The highest BCUT2D eigenvalue weighted by Crippen LogP contribution is 2.23. The Morgan fingerprint density at radius 2 is 1.77 bits per heavy atom. The Morgan fingerprint density at radius 3 is 2.36 bits per heavy atom. The number of ether oxygens (including phenoxy) is 1. The van der Waals surface area contributed by atoms with Crippen molar-refractivity contribution in [1.29, 1.82) is 0 Å². The third-order valence-electron chi connectivity index (χ3n) is 4.17. The summed E-state index contributed by atoms with van der Waals surface area (Å²) in [5.74, 6) is -0.440. The summed E-state index contributed by atoms with van der Waals surface area (Å²) in [6.07, 6.45) is 0. The maximum Gasteiger partial charge on any atom is 0.239 e. The van der Waals surface area contributed by atoms with Crippen LogP contribution >= 0.6 is 0 Å². The van der Waals surface area contributed by atoms with Crippen molar-refractivity contribution in [2.24, 2.45) is 5.41 Å². The SMILES string of the molecule is Cc1ccc(NC(=O)C(C)(C)C(=O)N2CCOCC2)cc1C. The number of rotatable bonds is 3. The van der Waals surface area contributed by atoms with Crippen LogP contribution in [0.3, 0.4) is 0 Å². The van der Waals surface area contributed by atoms with E-state index in [0.29, 0.717) is 26.3 Å². The van der Waals surface area contributed by atoms with Gasteiger partial charge in [0.25, 0.3) is 0 Å². The van der Waals surface area contributed by atoms with Crippen LogP contribution < -0.4 is 5.32 Å². The number of morpholine rings is 1. The molecule has 22 heavy (non-hydrogen) atoms. The Labute approximate surface area is 131 Å². The van der Waals surface area contributed by atoms with Gasteiger partial charge in [0.1, 0.15) is 5.41 Å². The second kappa shape index (κ2) is 6.48. The molecule has 1 heterocycles. The molecule has 1 aliphatic rings. The zero-order valence-corrected chi connectivity index (χ0v) is 13.7. The number of nitrogens with one attached hydrogen (secondary N) is 1. The molecule has 2 amide bonds. The normalized spacial score (nSPS) is 15.5. The first-order valence-corrected chi connectivity index (χ1v) is 7.58. The lowest BCUT2D eigenvalue weighted by molar-refractivity contribution is -0.149. The predicted octanol–water partition coefficient (Wildman–Crippen LogP) is 2.13. The molecule has 1 N–H and O–H groups in total. The molecule has 0 saturated carbocycles. The van der Waals surface area contributed by atoms with E-state index in [2.05, 4.69) is 5.32 Å². The molecule has 2 rings (SSSR count). The number of hydrogen-bond donors (Lipinski definition) is 1. The van der Waals surface area contributed by atoms with E-state index < -0.39 is 5.41 Å². The molecule has 5 heteroatoms. The highest BCUT2D eigenvalue weighted by Gasteiger charge is 2.39. The standard InChI is InChI=1S/C17H24N2O3/c1-12-5-6-14(11-13(12)2)18-15(20)17(3,4)16(21)19-7-9-22-10-8-19/h5-6,11H,7-10H2,1-4H3,(H,18,20). The van der Waals surface area contributed by atoms with Crippen molar-refractivity contribution in [3.63, 3.8) is 0 Å². The van der Waals surface area contributed by atoms with Crippen molar-refractivity contribution in [3.05, 3.63) is 29.3 Å². The molecule has 0 bridgehead atoms. The van der Waals surface area contributed by atoms with E-state index in [4.69, 9.17) is 4.74 Å². The van der Waals surface area contributed by atoms with Gasteiger partial charge in [-0.25, -0.2) is 0 Å². The number of carbonyl (C=O) groups is 2. The van der Waals surface area contributed by atoms with Gasteiger partial charge in [-0.05, 0) is 51.0 Å². The van der Waals surface area contributed by atoms with Gasteiger partial charge in [-0.3, -0.25) is 9.59 Å². The maximum absolute atomic E-state index is 12.6. The van der Waals surface area contributed by atoms with Crippen LogP contribution in [0.1, 0.15) is 25.0 Å². The molecule has 120 valence electrons. The fourth-order valence-corrected chi connectivity index (χ4v) is 2.37. The second-order valence-electron chi connectivity index (χ2n) is 6.28. The molecule has 0 aromatic heterocycles. The molecule has 1 saturated heterocycles. The Morgan fingerprint density at radius 1 is 1.14 bits per heavy atom. The lowest BCUT2D eigenvalue weighted by atomic mass is 9.90. The summed E-state index contributed by atoms with van der Waals surface area (Å²) in [4.78, 5) is 26.8. The summed E-state index contributed by atoms with van der Waals surface area (Å²) in [7, 11) is 0. The molecule has 1 aromatic rings. The van der Waals surface area contributed by atoms with Gasteiger partial charge in [-0.2, -0.15) is 0 Å². The van der Waals surface area contributed by atoms with Crippen LogP contribution in [0.25, 0.3) is 0 Å². The van der Waals surface area contributed by atoms with E-state index in [1.54, 1.807) is 18.7 Å². The summed E-state index contributed by atoms with van der Waals surface area (Å²) in [5.41, 5.74) is 1.89. The summed E-state index contributed by atoms with van der Waals surface area (Å²) in [6, 6.07) is 5.74. The smallest absolute Gasteiger partial charge is 0.239 e. The van der Waals surface area contributed by atoms with E-state index in [-0.39, 0.29) is 11.8 Å². The first-order chi connectivity index (χ1) is 10.3. The summed E-state index contributed by atoms with van der Waals surface area (Å²) in [5, 5.41) is 2.85. The van der Waals surface area contributed by atoms with E-state index >= 15 is 0 Å². The van der Waals surface area contributed by atoms with Crippen LogP contribution in [0.2, 0.25) is 0 Å². The minimum absolute atomic E-state index is 0.155. The Bertz CT molecular complexity index is 575. The fraction of sp³-hybridized carbons (Fsp3) is 0.529. The zero-order chi connectivity index (χ0) is 16.3. The molecule has 1 aliphatic heterocycles. The number of nitrogens with zero attached hydrogens (tertiary/aromatic N) is 1. The average Bonchev–Trinajstić information content (AvgIpc) is 2.51. The molecule has 0 spiro atoms. The number of anilines is 1. The maximum atomic E-state index is 12.6. The van der Waals surface area contributed by atoms with E-state index in [9.17, 15) is 9.59 Å². The highest BCUT2D eigenvalue weighted by atomic mass is 16.5. The van der Waals surface area contributed by atoms with Gasteiger partial charge in [0, 0.05) is 18.8 Å². The molecule has 0 radical (unpaired) electrons. The van der Waals surface area contributed by atoms with Gasteiger partial charge in [-0.15, -0.1) is 0 Å².